The van der Waals surface area contributed by atoms with Crippen LogP contribution in [-0.4, -0.2) is 24.5 Å². The quantitative estimate of drug-likeness (QED) is 0.381. The number of ketones is 1. The highest BCUT2D eigenvalue weighted by Gasteiger charge is 2.31. The van der Waals surface area contributed by atoms with Gasteiger partial charge in [0.25, 0.3) is 0 Å². The molecule has 0 aromatic heterocycles. The van der Waals surface area contributed by atoms with Crippen molar-refractivity contribution in [1.82, 2.24) is 5.32 Å². The van der Waals surface area contributed by atoms with Crippen LogP contribution in [0.3, 0.4) is 0 Å². The standard InChI is InChI=1S/C24H43NO3/c1-23(2,3)18-19(21(26)24(4,5)6)14-12-13-17-25-22(27)28-20-15-10-8-7-9-11-16-20/h10,15,19-20H,7-9,11-14,16-18H2,1-6H3,(H,25,27)/b15-10+/t19-,20?/m0/s1. The molecule has 0 heterocycles. The van der Waals surface area contributed by atoms with E-state index >= 15 is 0 Å². The van der Waals surface area contributed by atoms with Gasteiger partial charge in [-0.2, -0.15) is 0 Å². The zero-order valence-electron chi connectivity index (χ0n) is 19.1. The number of carbonyl (C=O) groups is 2. The SMILES string of the molecule is CC(C)(C)C[C@H](CCCCNC(=O)OC1/C=C/CCCCC1)C(=O)C(C)(C)C. The lowest BCUT2D eigenvalue weighted by atomic mass is 9.74. The molecular weight excluding hydrogens is 350 g/mol. The van der Waals surface area contributed by atoms with Gasteiger partial charge in [-0.1, -0.05) is 60.5 Å². The minimum Gasteiger partial charge on any atom is -0.442 e. The highest BCUT2D eigenvalue weighted by atomic mass is 16.6. The van der Waals surface area contributed by atoms with E-state index in [9.17, 15) is 9.59 Å². The summed E-state index contributed by atoms with van der Waals surface area (Å²) in [5.41, 5.74) is -0.165. The number of nitrogens with one attached hydrogen (secondary N) is 1. The van der Waals surface area contributed by atoms with Gasteiger partial charge in [-0.05, 0) is 56.4 Å². The molecule has 1 unspecified atom stereocenters. The van der Waals surface area contributed by atoms with Crippen LogP contribution >= 0.6 is 0 Å². The molecule has 2 atom stereocenters. The Morgan fingerprint density at radius 2 is 1.79 bits per heavy atom. The monoisotopic (exact) mass is 393 g/mol. The summed E-state index contributed by atoms with van der Waals surface area (Å²) in [5.74, 6) is 0.442. The van der Waals surface area contributed by atoms with Gasteiger partial charge in [0.15, 0.2) is 0 Å². The summed E-state index contributed by atoms with van der Waals surface area (Å²) < 4.78 is 5.51. The van der Waals surface area contributed by atoms with Crippen LogP contribution in [0.4, 0.5) is 4.79 Å². The first-order chi connectivity index (χ1) is 13.0. The highest BCUT2D eigenvalue weighted by molar-refractivity contribution is 5.86. The van der Waals surface area contributed by atoms with Crippen LogP contribution in [0.1, 0.15) is 99.3 Å². The lowest BCUT2D eigenvalue weighted by Crippen LogP contribution is -2.31. The minimum atomic E-state index is -0.327. The predicted octanol–water partition coefficient (Wildman–Crippen LogP) is 6.44. The molecule has 1 rings (SSSR count). The Kier molecular flexibility index (Phi) is 10.3. The number of hydrogen-bond donors (Lipinski definition) is 1. The number of carbonyl (C=O) groups excluding carboxylic acids is 2. The smallest absolute Gasteiger partial charge is 0.407 e. The number of rotatable bonds is 8. The second-order valence-electron chi connectivity index (χ2n) is 10.5. The third-order valence-corrected chi connectivity index (χ3v) is 5.19. The summed E-state index contributed by atoms with van der Waals surface area (Å²) in [6, 6.07) is 0. The molecule has 0 aromatic carbocycles. The molecule has 0 aromatic rings. The topological polar surface area (TPSA) is 55.4 Å². The number of unbranched alkanes of at least 4 members (excludes halogenated alkanes) is 1. The van der Waals surface area contributed by atoms with Crippen molar-refractivity contribution in [3.05, 3.63) is 12.2 Å². The molecule has 4 nitrogen and oxygen atoms in total. The van der Waals surface area contributed by atoms with Gasteiger partial charge in [-0.15, -0.1) is 0 Å². The van der Waals surface area contributed by atoms with Crippen molar-refractivity contribution in [1.29, 1.82) is 0 Å². The molecule has 0 saturated carbocycles. The van der Waals surface area contributed by atoms with E-state index in [2.05, 4.69) is 32.2 Å². The Morgan fingerprint density at radius 3 is 2.43 bits per heavy atom. The van der Waals surface area contributed by atoms with E-state index in [1.54, 1.807) is 0 Å². The summed E-state index contributed by atoms with van der Waals surface area (Å²) in [5, 5.41) is 2.87. The molecule has 0 saturated heterocycles. The average molecular weight is 394 g/mol. The summed E-state index contributed by atoms with van der Waals surface area (Å²) >= 11 is 0. The summed E-state index contributed by atoms with van der Waals surface area (Å²) in [7, 11) is 0. The summed E-state index contributed by atoms with van der Waals surface area (Å²) in [4.78, 5) is 24.8. The number of Topliss-reactive ketones (excluding diaryl/α,β-unsaturated/α-hetero) is 1. The number of hydrogen-bond acceptors (Lipinski definition) is 3. The van der Waals surface area contributed by atoms with Gasteiger partial charge < -0.3 is 10.1 Å². The van der Waals surface area contributed by atoms with E-state index < -0.39 is 0 Å². The van der Waals surface area contributed by atoms with E-state index in [1.165, 1.54) is 12.8 Å². The second kappa shape index (κ2) is 11.6. The first kappa shape index (κ1) is 24.7. The molecule has 0 fully saturated rings. The first-order valence-corrected chi connectivity index (χ1v) is 11.1. The maximum atomic E-state index is 12.8. The van der Waals surface area contributed by atoms with Crippen LogP contribution < -0.4 is 5.32 Å². The van der Waals surface area contributed by atoms with Crippen molar-refractivity contribution in [3.63, 3.8) is 0 Å². The number of ether oxygens (including phenoxy) is 1. The van der Waals surface area contributed by atoms with Crippen molar-refractivity contribution in [3.8, 4) is 0 Å². The fraction of sp³-hybridized carbons (Fsp3) is 0.833. The largest absolute Gasteiger partial charge is 0.442 e. The van der Waals surface area contributed by atoms with E-state index in [0.29, 0.717) is 12.3 Å². The maximum Gasteiger partial charge on any atom is 0.407 e. The Morgan fingerprint density at radius 1 is 1.07 bits per heavy atom. The second-order valence-corrected chi connectivity index (χ2v) is 10.5. The van der Waals surface area contributed by atoms with Crippen LogP contribution in [0.25, 0.3) is 0 Å². The van der Waals surface area contributed by atoms with Crippen LogP contribution in [-0.2, 0) is 9.53 Å². The van der Waals surface area contributed by atoms with E-state index in [4.69, 9.17) is 4.74 Å². The average Bonchev–Trinajstić information content (AvgIpc) is 2.53. The van der Waals surface area contributed by atoms with Crippen molar-refractivity contribution in [2.75, 3.05) is 6.54 Å². The van der Waals surface area contributed by atoms with Crippen molar-refractivity contribution < 1.29 is 14.3 Å². The van der Waals surface area contributed by atoms with Gasteiger partial charge in [-0.3, -0.25) is 4.79 Å². The first-order valence-electron chi connectivity index (χ1n) is 11.1. The van der Waals surface area contributed by atoms with Gasteiger partial charge in [-0.25, -0.2) is 4.79 Å². The molecule has 0 spiro atoms. The summed E-state index contributed by atoms with van der Waals surface area (Å²) in [6.45, 7) is 13.2. The van der Waals surface area contributed by atoms with E-state index in [1.807, 2.05) is 26.8 Å². The molecule has 1 amide bonds. The van der Waals surface area contributed by atoms with Gasteiger partial charge in [0.2, 0.25) is 0 Å². The molecular formula is C24H43NO3. The number of alkyl carbamates (subject to hydrolysis) is 1. The third kappa shape index (κ3) is 10.9. The lowest BCUT2D eigenvalue weighted by Gasteiger charge is -2.30. The van der Waals surface area contributed by atoms with E-state index in [-0.39, 0.29) is 28.9 Å². The molecule has 0 aliphatic heterocycles. The molecule has 28 heavy (non-hydrogen) atoms. The molecule has 1 N–H and O–H groups in total. The van der Waals surface area contributed by atoms with Crippen molar-refractivity contribution >= 4 is 11.9 Å². The molecule has 0 bridgehead atoms. The number of amides is 1. The zero-order valence-corrected chi connectivity index (χ0v) is 19.1. The lowest BCUT2D eigenvalue weighted by molar-refractivity contribution is -0.131. The van der Waals surface area contributed by atoms with Crippen LogP contribution in [0.15, 0.2) is 12.2 Å². The van der Waals surface area contributed by atoms with Crippen LogP contribution in [0.5, 0.6) is 0 Å². The zero-order chi connectivity index (χ0) is 21.2. The molecule has 0 radical (unpaired) electrons. The molecule has 1 aliphatic rings. The molecule has 162 valence electrons. The Hall–Kier alpha value is -1.32. The molecule has 1 aliphatic carbocycles. The minimum absolute atomic E-state index is 0.0898. The fourth-order valence-corrected chi connectivity index (χ4v) is 3.79. The Bertz CT molecular complexity index is 511. The van der Waals surface area contributed by atoms with Gasteiger partial charge >= 0.3 is 6.09 Å². The fourth-order valence-electron chi connectivity index (χ4n) is 3.79. The molecule has 4 heteroatoms. The maximum absolute atomic E-state index is 12.8. The predicted molar refractivity (Wildman–Crippen MR) is 116 cm³/mol. The van der Waals surface area contributed by atoms with Crippen molar-refractivity contribution in [2.45, 2.75) is 105 Å². The van der Waals surface area contributed by atoms with Crippen LogP contribution in [0.2, 0.25) is 0 Å². The normalized spacial score (nSPS) is 20.6. The van der Waals surface area contributed by atoms with E-state index in [0.717, 1.165) is 44.9 Å². The summed E-state index contributed by atoms with van der Waals surface area (Å²) in [6.07, 6.45) is 12.8. The van der Waals surface area contributed by atoms with Crippen LogP contribution in [0, 0.1) is 16.7 Å². The van der Waals surface area contributed by atoms with Gasteiger partial charge in [0, 0.05) is 17.9 Å². The van der Waals surface area contributed by atoms with Gasteiger partial charge in [0.1, 0.15) is 11.9 Å². The third-order valence-electron chi connectivity index (χ3n) is 5.19. The van der Waals surface area contributed by atoms with Gasteiger partial charge in [0.05, 0.1) is 0 Å². The van der Waals surface area contributed by atoms with Crippen molar-refractivity contribution in [2.24, 2.45) is 16.7 Å². The Labute approximate surface area is 172 Å². The number of allylic oxidation sites excluding steroid dienone is 1. The highest BCUT2D eigenvalue weighted by Crippen LogP contribution is 2.33. The Balaban J connectivity index is 2.35.